The predicted octanol–water partition coefficient (Wildman–Crippen LogP) is 15.0. The lowest BCUT2D eigenvalue weighted by Crippen LogP contribution is -2.65. The van der Waals surface area contributed by atoms with Gasteiger partial charge in [0.25, 0.3) is 0 Å². The number of hydrogen-bond acceptors (Lipinski definition) is 13. The number of ether oxygens (including phenoxy) is 4. The summed E-state index contributed by atoms with van der Waals surface area (Å²) < 4.78 is 22.8. The lowest BCUT2D eigenvalue weighted by molar-refractivity contribution is -0.359. The van der Waals surface area contributed by atoms with Crippen molar-refractivity contribution in [1.82, 2.24) is 5.32 Å². The number of carbonyl (C=O) groups is 1. The van der Waals surface area contributed by atoms with Crippen LogP contribution in [0.5, 0.6) is 0 Å². The van der Waals surface area contributed by atoms with E-state index < -0.39 is 86.8 Å². The second kappa shape index (κ2) is 56.7. The van der Waals surface area contributed by atoms with Crippen LogP contribution in [-0.2, 0) is 23.7 Å². The van der Waals surface area contributed by atoms with E-state index in [0.29, 0.717) is 6.42 Å². The molecule has 14 nitrogen and oxygen atoms in total. The summed E-state index contributed by atoms with van der Waals surface area (Å²) >= 11 is 0. The second-order valence-electron chi connectivity index (χ2n) is 26.1. The minimum absolute atomic E-state index is 0.231. The molecule has 0 saturated carbocycles. The monoisotopic (exact) mass is 1210 g/mol. The Morgan fingerprint density at radius 2 is 0.729 bits per heavy atom. The number of aliphatic hydroxyl groups is 8. The number of carbonyl (C=O) groups excluding carboxylic acids is 1. The molecule has 0 aliphatic carbocycles. The van der Waals surface area contributed by atoms with Crippen molar-refractivity contribution in [2.45, 2.75) is 415 Å². The second-order valence-corrected chi connectivity index (χ2v) is 26.1. The van der Waals surface area contributed by atoms with Crippen molar-refractivity contribution in [3.63, 3.8) is 0 Å². The van der Waals surface area contributed by atoms with Crippen LogP contribution in [0.15, 0.2) is 12.2 Å². The predicted molar refractivity (Wildman–Crippen MR) is 346 cm³/mol. The molecule has 0 aromatic carbocycles. The molecule has 2 saturated heterocycles. The molecule has 0 aromatic heterocycles. The first-order valence-electron chi connectivity index (χ1n) is 36.4. The molecule has 9 N–H and O–H groups in total. The van der Waals surface area contributed by atoms with Crippen LogP contribution in [-0.4, -0.2) is 140 Å². The average Bonchev–Trinajstić information content (AvgIpc) is 3.70. The van der Waals surface area contributed by atoms with Crippen LogP contribution in [0.25, 0.3) is 0 Å². The maximum atomic E-state index is 13.3. The average molecular weight is 1210 g/mol. The maximum Gasteiger partial charge on any atom is 0.220 e. The van der Waals surface area contributed by atoms with Gasteiger partial charge in [-0.05, 0) is 19.3 Å². The number of nitrogens with one attached hydrogen (secondary N) is 1. The Kier molecular flexibility index (Phi) is 53.2. The fourth-order valence-corrected chi connectivity index (χ4v) is 12.4. The van der Waals surface area contributed by atoms with Crippen molar-refractivity contribution >= 4 is 5.91 Å². The van der Waals surface area contributed by atoms with Crippen LogP contribution in [0.1, 0.15) is 341 Å². The van der Waals surface area contributed by atoms with Crippen LogP contribution in [0.2, 0.25) is 0 Å². The molecule has 12 atom stereocenters. The normalized spacial score (nSPS) is 23.5. The Hall–Kier alpha value is -1.27. The first-order chi connectivity index (χ1) is 41.6. The van der Waals surface area contributed by atoms with Crippen molar-refractivity contribution in [2.75, 3.05) is 19.8 Å². The van der Waals surface area contributed by atoms with Crippen LogP contribution in [0.3, 0.4) is 0 Å². The maximum absolute atomic E-state index is 13.3. The van der Waals surface area contributed by atoms with Crippen LogP contribution < -0.4 is 5.32 Å². The van der Waals surface area contributed by atoms with E-state index in [1.54, 1.807) is 6.08 Å². The highest BCUT2D eigenvalue weighted by Crippen LogP contribution is 2.30. The van der Waals surface area contributed by atoms with Crippen LogP contribution >= 0.6 is 0 Å². The summed E-state index contributed by atoms with van der Waals surface area (Å²) in [6.45, 7) is 2.85. The summed E-state index contributed by atoms with van der Waals surface area (Å²) in [5.41, 5.74) is 0. The number of allylic oxidation sites excluding steroid dienone is 1. The van der Waals surface area contributed by atoms with E-state index in [9.17, 15) is 45.6 Å². The van der Waals surface area contributed by atoms with Gasteiger partial charge in [0, 0.05) is 6.42 Å². The topological polar surface area (TPSA) is 228 Å². The quantitative estimate of drug-likeness (QED) is 0.0204. The smallest absolute Gasteiger partial charge is 0.220 e. The third-order valence-corrected chi connectivity index (χ3v) is 18.2. The van der Waals surface area contributed by atoms with Gasteiger partial charge in [-0.25, -0.2) is 0 Å². The molecule has 2 heterocycles. The van der Waals surface area contributed by atoms with Gasteiger partial charge >= 0.3 is 0 Å². The molecule has 0 radical (unpaired) electrons. The summed E-state index contributed by atoms with van der Waals surface area (Å²) in [5.74, 6) is -0.231. The Morgan fingerprint density at radius 3 is 1.08 bits per heavy atom. The van der Waals surface area contributed by atoms with Crippen molar-refractivity contribution in [3.8, 4) is 0 Å². The molecule has 2 fully saturated rings. The van der Waals surface area contributed by atoms with Gasteiger partial charge in [0.2, 0.25) is 5.91 Å². The van der Waals surface area contributed by atoms with Gasteiger partial charge in [-0.2, -0.15) is 0 Å². The molecule has 0 bridgehead atoms. The number of hydrogen-bond donors (Lipinski definition) is 9. The highest BCUT2D eigenvalue weighted by atomic mass is 16.7. The number of aliphatic hydroxyl groups excluding tert-OH is 8. The van der Waals surface area contributed by atoms with E-state index in [2.05, 4.69) is 19.2 Å². The Bertz CT molecular complexity index is 1470. The number of unbranched alkanes of at least 4 members (excludes halogenated alkanes) is 48. The summed E-state index contributed by atoms with van der Waals surface area (Å²) in [4.78, 5) is 13.3. The molecule has 85 heavy (non-hydrogen) atoms. The van der Waals surface area contributed by atoms with Gasteiger partial charge in [0.05, 0.1) is 32.0 Å². The fraction of sp³-hybridized carbons (Fsp3) is 0.958. The zero-order valence-corrected chi connectivity index (χ0v) is 54.9. The molecule has 2 aliphatic rings. The van der Waals surface area contributed by atoms with Gasteiger partial charge in [-0.1, -0.05) is 328 Å². The lowest BCUT2D eigenvalue weighted by atomic mass is 9.97. The first kappa shape index (κ1) is 79.8. The van der Waals surface area contributed by atoms with Crippen molar-refractivity contribution < 1.29 is 64.6 Å². The minimum atomic E-state index is -1.79. The molecule has 504 valence electrons. The van der Waals surface area contributed by atoms with E-state index in [4.69, 9.17) is 18.9 Å². The summed E-state index contributed by atoms with van der Waals surface area (Å²) in [6.07, 6.45) is 53.0. The molecule has 14 heteroatoms. The summed E-state index contributed by atoms with van der Waals surface area (Å²) in [5, 5.41) is 87.3. The lowest BCUT2D eigenvalue weighted by Gasteiger charge is -2.46. The largest absolute Gasteiger partial charge is 0.394 e. The molecule has 1 amide bonds. The number of amides is 1. The molecule has 4 unspecified atom stereocenters. The van der Waals surface area contributed by atoms with E-state index in [0.717, 1.165) is 38.5 Å². The summed E-state index contributed by atoms with van der Waals surface area (Å²) in [6, 6.07) is -0.910. The zero-order valence-electron chi connectivity index (χ0n) is 54.9. The van der Waals surface area contributed by atoms with E-state index in [1.165, 1.54) is 276 Å². The zero-order chi connectivity index (χ0) is 61.6. The molecule has 0 aromatic rings. The van der Waals surface area contributed by atoms with Gasteiger partial charge in [-0.15, -0.1) is 0 Å². The van der Waals surface area contributed by atoms with Crippen molar-refractivity contribution in [1.29, 1.82) is 0 Å². The fourth-order valence-electron chi connectivity index (χ4n) is 12.4. The van der Waals surface area contributed by atoms with Gasteiger partial charge in [0.15, 0.2) is 12.6 Å². The third-order valence-electron chi connectivity index (χ3n) is 18.2. The van der Waals surface area contributed by atoms with Crippen LogP contribution in [0, 0.1) is 0 Å². The highest BCUT2D eigenvalue weighted by molar-refractivity contribution is 5.76. The van der Waals surface area contributed by atoms with E-state index in [-0.39, 0.29) is 18.9 Å². The standard InChI is InChI=1S/C71H137NO13/c1-3-5-7-9-11-13-15-17-19-20-21-22-23-24-25-26-27-28-29-30-31-32-33-34-35-36-37-38-39-41-43-45-47-49-51-53-55-63(76)72-59(60(75)54-52-50-48-46-44-42-40-18-16-14-12-10-8-6-4-2)58-82-70-68(81)66(79)69(62(57-74)84-70)85-71-67(80)65(78)64(77)61(56-73)83-71/h52,54,59-62,64-71,73-75,77-81H,3-51,53,55-58H2,1-2H3,(H,72,76)/b54-52+/t59-,60+,61+,62+,64-,65?,66?,67?,68?,69+,70+,71-/m0/s1. The molecular weight excluding hydrogens is 1070 g/mol. The summed E-state index contributed by atoms with van der Waals surface area (Å²) in [7, 11) is 0. The SMILES string of the molecule is CCCCCCCCCCCCCCC/C=C/[C@@H](O)[C@H](CO[C@@H]1O[C@H](CO)[C@@H](O[C@@H]2O[C@H](CO)[C@H](O)C(O)C2O)C(O)C1O)NC(=O)CCCCCCCCCCCCCCCCCCCCCCCCCCCCCCCCCCCCCC. The minimum Gasteiger partial charge on any atom is -0.394 e. The van der Waals surface area contributed by atoms with Crippen molar-refractivity contribution in [3.05, 3.63) is 12.2 Å². The molecule has 2 aliphatic heterocycles. The van der Waals surface area contributed by atoms with Gasteiger partial charge in [0.1, 0.15) is 48.8 Å². The van der Waals surface area contributed by atoms with Crippen molar-refractivity contribution in [2.24, 2.45) is 0 Å². The first-order valence-corrected chi connectivity index (χ1v) is 36.4. The highest BCUT2D eigenvalue weighted by Gasteiger charge is 2.51. The molecular formula is C71H137NO13. The molecule has 0 spiro atoms. The number of rotatable bonds is 61. The van der Waals surface area contributed by atoms with Gasteiger partial charge < -0.3 is 65.1 Å². The van der Waals surface area contributed by atoms with E-state index >= 15 is 0 Å². The Labute approximate surface area is 520 Å². The van der Waals surface area contributed by atoms with Gasteiger partial charge in [-0.3, -0.25) is 4.79 Å². The van der Waals surface area contributed by atoms with Crippen LogP contribution in [0.4, 0.5) is 0 Å². The van der Waals surface area contributed by atoms with E-state index in [1.807, 2.05) is 6.08 Å². The Morgan fingerprint density at radius 1 is 0.412 bits per heavy atom. The molecule has 2 rings (SSSR count). The third kappa shape index (κ3) is 41.0. The Balaban J connectivity index is 1.57.